The van der Waals surface area contributed by atoms with E-state index >= 15 is 0 Å². The summed E-state index contributed by atoms with van der Waals surface area (Å²) < 4.78 is 9.13. The van der Waals surface area contributed by atoms with Gasteiger partial charge in [0.2, 0.25) is 0 Å². The van der Waals surface area contributed by atoms with E-state index in [1.165, 1.54) is 30.6 Å². The highest BCUT2D eigenvalue weighted by atomic mass is 32.2. The van der Waals surface area contributed by atoms with Gasteiger partial charge in [0.15, 0.2) is 15.9 Å². The largest absolute Gasteiger partial charge is 0.497 e. The molecule has 1 atom stereocenters. The summed E-state index contributed by atoms with van der Waals surface area (Å²) in [5.74, 6) is 2.27. The Labute approximate surface area is 206 Å². The number of thiazole rings is 1. The van der Waals surface area contributed by atoms with Gasteiger partial charge in [0.05, 0.1) is 18.8 Å². The van der Waals surface area contributed by atoms with Gasteiger partial charge < -0.3 is 4.74 Å². The van der Waals surface area contributed by atoms with Crippen molar-refractivity contribution in [1.82, 2.24) is 29.0 Å². The minimum atomic E-state index is -0.0459. The van der Waals surface area contributed by atoms with E-state index in [2.05, 4.69) is 26.6 Å². The second-order valence-electron chi connectivity index (χ2n) is 8.52. The lowest BCUT2D eigenvalue weighted by atomic mass is 10.1. The van der Waals surface area contributed by atoms with Gasteiger partial charge in [-0.25, -0.2) is 4.98 Å². The minimum Gasteiger partial charge on any atom is -0.497 e. The normalized spacial score (nSPS) is 15.6. The number of rotatable bonds is 7. The molecule has 4 aromatic rings. The number of piperidine rings is 1. The van der Waals surface area contributed by atoms with E-state index in [9.17, 15) is 4.79 Å². The van der Waals surface area contributed by atoms with E-state index < -0.39 is 0 Å². The molecular weight excluding hydrogens is 468 g/mol. The summed E-state index contributed by atoms with van der Waals surface area (Å²) in [7, 11) is 1.67. The molecule has 1 aromatic carbocycles. The zero-order valence-corrected chi connectivity index (χ0v) is 21.2. The highest BCUT2D eigenvalue weighted by Crippen LogP contribution is 2.31. The van der Waals surface area contributed by atoms with Crippen molar-refractivity contribution < 1.29 is 4.74 Å². The van der Waals surface area contributed by atoms with E-state index in [-0.39, 0.29) is 11.6 Å². The van der Waals surface area contributed by atoms with Crippen LogP contribution in [0.25, 0.3) is 10.6 Å². The topological polar surface area (TPSA) is 77.5 Å². The van der Waals surface area contributed by atoms with Crippen LogP contribution in [0.5, 0.6) is 5.75 Å². The van der Waals surface area contributed by atoms with Crippen LogP contribution < -0.4 is 10.3 Å². The number of hydrogen-bond acceptors (Lipinski definition) is 8. The molecule has 34 heavy (non-hydrogen) atoms. The smallest absolute Gasteiger partial charge is 0.258 e. The Hall–Kier alpha value is -2.69. The molecule has 8 nitrogen and oxygen atoms in total. The maximum absolute atomic E-state index is 12.6. The maximum atomic E-state index is 12.6. The van der Waals surface area contributed by atoms with Crippen LogP contribution in [0.3, 0.4) is 0 Å². The number of likely N-dealkylation sites (tertiary alicyclic amines) is 1. The van der Waals surface area contributed by atoms with Gasteiger partial charge in [0.1, 0.15) is 5.75 Å². The third kappa shape index (κ3) is 4.49. The highest BCUT2D eigenvalue weighted by molar-refractivity contribution is 7.98. The first-order valence-electron chi connectivity index (χ1n) is 11.5. The molecule has 0 aliphatic carbocycles. The third-order valence-corrected chi connectivity index (χ3v) is 8.18. The highest BCUT2D eigenvalue weighted by Gasteiger charge is 2.25. The zero-order chi connectivity index (χ0) is 23.7. The van der Waals surface area contributed by atoms with Crippen molar-refractivity contribution >= 4 is 28.1 Å². The van der Waals surface area contributed by atoms with Gasteiger partial charge in [-0.1, -0.05) is 18.2 Å². The van der Waals surface area contributed by atoms with Gasteiger partial charge in [-0.05, 0) is 64.0 Å². The Balaban J connectivity index is 1.47. The Kier molecular flexibility index (Phi) is 6.71. The second kappa shape index (κ2) is 9.89. The Morgan fingerprint density at radius 3 is 2.65 bits per heavy atom. The molecule has 5 rings (SSSR count). The van der Waals surface area contributed by atoms with Crippen molar-refractivity contribution in [1.29, 1.82) is 0 Å². The Morgan fingerprint density at radius 1 is 1.15 bits per heavy atom. The maximum Gasteiger partial charge on any atom is 0.258 e. The minimum absolute atomic E-state index is 0.0459. The lowest BCUT2D eigenvalue weighted by molar-refractivity contribution is 0.167. The van der Waals surface area contributed by atoms with Gasteiger partial charge in [-0.3, -0.25) is 18.7 Å². The molecule has 0 saturated carbocycles. The van der Waals surface area contributed by atoms with Gasteiger partial charge in [-0.2, -0.15) is 0 Å². The summed E-state index contributed by atoms with van der Waals surface area (Å²) in [6, 6.07) is 9.74. The van der Waals surface area contributed by atoms with E-state index in [1.54, 1.807) is 29.3 Å². The van der Waals surface area contributed by atoms with Gasteiger partial charge >= 0.3 is 0 Å². The quantitative estimate of drug-likeness (QED) is 0.349. The molecule has 1 aliphatic rings. The van der Waals surface area contributed by atoms with Crippen LogP contribution in [0.1, 0.15) is 49.4 Å². The number of aromatic nitrogens is 5. The molecule has 1 aliphatic heterocycles. The van der Waals surface area contributed by atoms with Crippen LogP contribution in [0, 0.1) is 6.92 Å². The first-order chi connectivity index (χ1) is 16.5. The second-order valence-corrected chi connectivity index (χ2v) is 10.3. The Morgan fingerprint density at radius 2 is 1.91 bits per heavy atom. The summed E-state index contributed by atoms with van der Waals surface area (Å²) in [5.41, 5.74) is 2.60. The van der Waals surface area contributed by atoms with Crippen molar-refractivity contribution in [3.63, 3.8) is 0 Å². The number of nitrogens with zero attached hydrogens (tertiary/aromatic N) is 6. The predicted molar refractivity (Wildman–Crippen MR) is 135 cm³/mol. The lowest BCUT2D eigenvalue weighted by Crippen LogP contribution is -2.33. The Bertz CT molecular complexity index is 1340. The van der Waals surface area contributed by atoms with Crippen LogP contribution in [0.2, 0.25) is 0 Å². The van der Waals surface area contributed by atoms with Crippen molar-refractivity contribution in [2.24, 2.45) is 0 Å². The standard InChI is InChI=1S/C24H28N6O2S2/c1-16-14-33-23-25-18(13-21(31)29(16)23)15-34-24-27-26-22(17(2)28-11-5-4-6-12-28)30(24)19-7-9-20(32-3)10-8-19/h7-10,13-14,17H,4-6,11-12,15H2,1-3H3/t17-/m1/s1. The van der Waals surface area contributed by atoms with Gasteiger partial charge in [0, 0.05) is 28.6 Å². The molecule has 0 spiro atoms. The SMILES string of the molecule is COc1ccc(-n2c(SCc3cc(=O)n4c(C)csc4n3)nnc2[C@@H](C)N2CCCCC2)cc1. The van der Waals surface area contributed by atoms with E-state index in [0.29, 0.717) is 5.75 Å². The van der Waals surface area contributed by atoms with E-state index in [4.69, 9.17) is 9.72 Å². The van der Waals surface area contributed by atoms with Gasteiger partial charge in [-0.15, -0.1) is 21.5 Å². The first kappa shape index (κ1) is 23.1. The van der Waals surface area contributed by atoms with Crippen LogP contribution in [-0.4, -0.2) is 49.2 Å². The zero-order valence-electron chi connectivity index (χ0n) is 19.6. The molecule has 0 N–H and O–H groups in total. The molecule has 0 unspecified atom stereocenters. The summed E-state index contributed by atoms with van der Waals surface area (Å²) in [6.45, 7) is 6.28. The summed E-state index contributed by atoms with van der Waals surface area (Å²) >= 11 is 3.03. The fourth-order valence-electron chi connectivity index (χ4n) is 4.40. The molecule has 0 radical (unpaired) electrons. The lowest BCUT2D eigenvalue weighted by Gasteiger charge is -2.31. The number of thioether (sulfide) groups is 1. The number of aryl methyl sites for hydroxylation is 1. The number of benzene rings is 1. The fourth-order valence-corrected chi connectivity index (χ4v) is 6.14. The third-order valence-electron chi connectivity index (χ3n) is 6.28. The van der Waals surface area contributed by atoms with Crippen molar-refractivity contribution in [2.75, 3.05) is 20.2 Å². The fraction of sp³-hybridized carbons (Fsp3) is 0.417. The molecule has 3 aromatic heterocycles. The number of hydrogen-bond donors (Lipinski definition) is 0. The van der Waals surface area contributed by atoms with E-state index in [0.717, 1.165) is 51.9 Å². The van der Waals surface area contributed by atoms with Crippen LogP contribution in [0.15, 0.2) is 45.7 Å². The van der Waals surface area contributed by atoms with Crippen LogP contribution in [0.4, 0.5) is 0 Å². The van der Waals surface area contributed by atoms with E-state index in [1.807, 2.05) is 36.6 Å². The molecular formula is C24H28N6O2S2. The summed E-state index contributed by atoms with van der Waals surface area (Å²) in [5, 5.41) is 11.9. The molecule has 1 fully saturated rings. The molecule has 4 heterocycles. The van der Waals surface area contributed by atoms with Crippen LogP contribution >= 0.6 is 23.1 Å². The molecule has 0 bridgehead atoms. The molecule has 10 heteroatoms. The number of ether oxygens (including phenoxy) is 1. The van der Waals surface area contributed by atoms with Crippen LogP contribution in [-0.2, 0) is 5.75 Å². The van der Waals surface area contributed by atoms with Gasteiger partial charge in [0.25, 0.3) is 5.56 Å². The first-order valence-corrected chi connectivity index (χ1v) is 13.3. The summed E-state index contributed by atoms with van der Waals surface area (Å²) in [4.78, 5) is 20.5. The van der Waals surface area contributed by atoms with Crippen molar-refractivity contribution in [3.05, 3.63) is 63.3 Å². The predicted octanol–water partition coefficient (Wildman–Crippen LogP) is 4.49. The monoisotopic (exact) mass is 496 g/mol. The molecule has 178 valence electrons. The molecule has 0 amide bonds. The van der Waals surface area contributed by atoms with Crippen molar-refractivity contribution in [2.45, 2.75) is 50.1 Å². The average molecular weight is 497 g/mol. The number of methoxy groups -OCH3 is 1. The molecule has 1 saturated heterocycles. The summed E-state index contributed by atoms with van der Waals surface area (Å²) in [6.07, 6.45) is 3.72. The average Bonchev–Trinajstić information content (AvgIpc) is 3.46. The number of fused-ring (bicyclic) bond motifs is 1. The van der Waals surface area contributed by atoms with Crippen molar-refractivity contribution in [3.8, 4) is 11.4 Å².